The maximum Gasteiger partial charge on any atom is 0.194 e. The summed E-state index contributed by atoms with van der Waals surface area (Å²) in [6.45, 7) is 6.59. The van der Waals surface area contributed by atoms with Crippen molar-refractivity contribution in [3.05, 3.63) is 63.9 Å². The molecule has 0 aliphatic carbocycles. The van der Waals surface area contributed by atoms with E-state index in [-0.39, 0.29) is 0 Å². The highest BCUT2D eigenvalue weighted by Gasteiger charge is 2.10. The number of nitrogens with one attached hydrogen (secondary N) is 1. The molecule has 0 saturated carbocycles. The maximum absolute atomic E-state index is 5.96. The van der Waals surface area contributed by atoms with Crippen molar-refractivity contribution in [3.63, 3.8) is 0 Å². The molecule has 0 saturated heterocycles. The standard InChI is InChI=1S/C22H30N6OS/c1-17-8-5-6-10-20(17)29-14-13-27(3)22(23-12-11-19-9-7-15-30-19)24-16-21-26-25-18(2)28(21)4/h5-10,15H,11-14,16H2,1-4H3,(H,23,24). The van der Waals surface area contributed by atoms with Gasteiger partial charge in [-0.15, -0.1) is 21.5 Å². The summed E-state index contributed by atoms with van der Waals surface area (Å²) >= 11 is 1.78. The Labute approximate surface area is 182 Å². The zero-order valence-electron chi connectivity index (χ0n) is 18.1. The zero-order chi connectivity index (χ0) is 21.3. The predicted molar refractivity (Wildman–Crippen MR) is 122 cm³/mol. The average Bonchev–Trinajstić information content (AvgIpc) is 3.37. The third-order valence-corrected chi connectivity index (χ3v) is 5.86. The summed E-state index contributed by atoms with van der Waals surface area (Å²) in [6, 6.07) is 12.3. The van der Waals surface area contributed by atoms with Gasteiger partial charge in [0.05, 0.1) is 6.54 Å². The van der Waals surface area contributed by atoms with Gasteiger partial charge in [-0.05, 0) is 43.3 Å². The van der Waals surface area contributed by atoms with Gasteiger partial charge < -0.3 is 19.5 Å². The summed E-state index contributed by atoms with van der Waals surface area (Å²) in [4.78, 5) is 8.24. The highest BCUT2D eigenvalue weighted by Crippen LogP contribution is 2.15. The molecule has 0 atom stereocenters. The van der Waals surface area contributed by atoms with E-state index in [0.717, 1.165) is 48.4 Å². The van der Waals surface area contributed by atoms with E-state index in [4.69, 9.17) is 9.73 Å². The van der Waals surface area contributed by atoms with Crippen molar-refractivity contribution in [2.75, 3.05) is 26.7 Å². The van der Waals surface area contributed by atoms with Crippen molar-refractivity contribution in [1.29, 1.82) is 0 Å². The molecule has 1 aromatic carbocycles. The molecule has 0 aliphatic rings. The Morgan fingerprint density at radius 2 is 2.03 bits per heavy atom. The number of thiophene rings is 1. The Balaban J connectivity index is 1.60. The van der Waals surface area contributed by atoms with Crippen molar-refractivity contribution in [3.8, 4) is 5.75 Å². The van der Waals surface area contributed by atoms with E-state index in [1.54, 1.807) is 11.3 Å². The highest BCUT2D eigenvalue weighted by atomic mass is 32.1. The van der Waals surface area contributed by atoms with Crippen LogP contribution in [0.25, 0.3) is 0 Å². The molecule has 0 aliphatic heterocycles. The Morgan fingerprint density at radius 1 is 1.20 bits per heavy atom. The van der Waals surface area contributed by atoms with E-state index >= 15 is 0 Å². The third-order valence-electron chi connectivity index (χ3n) is 4.93. The van der Waals surface area contributed by atoms with Crippen LogP contribution < -0.4 is 10.1 Å². The summed E-state index contributed by atoms with van der Waals surface area (Å²) in [5.74, 6) is 3.48. The molecule has 0 unspecified atom stereocenters. The van der Waals surface area contributed by atoms with Crippen LogP contribution in [0.5, 0.6) is 5.75 Å². The molecular formula is C22H30N6OS. The lowest BCUT2D eigenvalue weighted by atomic mass is 10.2. The molecule has 3 rings (SSSR count). The van der Waals surface area contributed by atoms with Crippen molar-refractivity contribution in [2.45, 2.75) is 26.8 Å². The molecule has 8 heteroatoms. The number of aromatic nitrogens is 3. The lowest BCUT2D eigenvalue weighted by Gasteiger charge is -2.23. The average molecular weight is 427 g/mol. The number of nitrogens with zero attached hydrogens (tertiary/aromatic N) is 5. The summed E-state index contributed by atoms with van der Waals surface area (Å²) in [5, 5.41) is 13.9. The second-order valence-electron chi connectivity index (χ2n) is 7.15. The first kappa shape index (κ1) is 21.8. The van der Waals surface area contributed by atoms with Crippen molar-refractivity contribution in [2.24, 2.45) is 12.0 Å². The van der Waals surface area contributed by atoms with Gasteiger partial charge in [-0.3, -0.25) is 0 Å². The van der Waals surface area contributed by atoms with E-state index in [1.165, 1.54) is 4.88 Å². The van der Waals surface area contributed by atoms with Crippen molar-refractivity contribution < 1.29 is 4.74 Å². The van der Waals surface area contributed by atoms with E-state index in [2.05, 4.69) is 50.9 Å². The molecular weight excluding hydrogens is 396 g/mol. The fourth-order valence-corrected chi connectivity index (χ4v) is 3.62. The number of likely N-dealkylation sites (N-methyl/N-ethyl adjacent to an activating group) is 1. The van der Waals surface area contributed by atoms with Gasteiger partial charge in [0.25, 0.3) is 0 Å². The molecule has 0 radical (unpaired) electrons. The maximum atomic E-state index is 5.96. The number of ether oxygens (including phenoxy) is 1. The fraction of sp³-hybridized carbons (Fsp3) is 0.409. The molecule has 160 valence electrons. The third kappa shape index (κ3) is 6.06. The monoisotopic (exact) mass is 426 g/mol. The van der Waals surface area contributed by atoms with Crippen LogP contribution in [0, 0.1) is 13.8 Å². The van der Waals surface area contributed by atoms with Gasteiger partial charge in [0.2, 0.25) is 0 Å². The fourth-order valence-electron chi connectivity index (χ4n) is 2.92. The molecule has 0 spiro atoms. The first-order valence-electron chi connectivity index (χ1n) is 10.1. The minimum Gasteiger partial charge on any atom is -0.491 e. The highest BCUT2D eigenvalue weighted by molar-refractivity contribution is 7.09. The van der Waals surface area contributed by atoms with E-state index in [0.29, 0.717) is 13.2 Å². The summed E-state index contributed by atoms with van der Waals surface area (Å²) in [5.41, 5.74) is 1.14. The number of guanidine groups is 1. The largest absolute Gasteiger partial charge is 0.491 e. The second kappa shape index (κ2) is 10.8. The molecule has 2 aromatic heterocycles. The molecule has 30 heavy (non-hydrogen) atoms. The zero-order valence-corrected chi connectivity index (χ0v) is 18.9. The number of aliphatic imine (C=N–C) groups is 1. The van der Waals surface area contributed by atoms with Crippen LogP contribution in [0.4, 0.5) is 0 Å². The number of hydrogen-bond acceptors (Lipinski definition) is 5. The Bertz CT molecular complexity index is 950. The van der Waals surface area contributed by atoms with Crippen LogP contribution in [0.2, 0.25) is 0 Å². The van der Waals surface area contributed by atoms with Crippen LogP contribution in [-0.4, -0.2) is 52.4 Å². The van der Waals surface area contributed by atoms with Gasteiger partial charge in [0, 0.05) is 25.5 Å². The van der Waals surface area contributed by atoms with Crippen LogP contribution in [-0.2, 0) is 20.0 Å². The number of aryl methyl sites for hydroxylation is 2. The number of rotatable bonds is 9. The molecule has 7 nitrogen and oxygen atoms in total. The molecule has 3 aromatic rings. The Hall–Kier alpha value is -2.87. The minimum atomic E-state index is 0.474. The first-order chi connectivity index (χ1) is 14.5. The minimum absolute atomic E-state index is 0.474. The van der Waals surface area contributed by atoms with Gasteiger partial charge >= 0.3 is 0 Å². The van der Waals surface area contributed by atoms with Crippen LogP contribution in [0.3, 0.4) is 0 Å². The molecule has 2 heterocycles. The quantitative estimate of drug-likeness (QED) is 0.420. The van der Waals surface area contributed by atoms with Gasteiger partial charge in [-0.1, -0.05) is 24.3 Å². The molecule has 0 bridgehead atoms. The lowest BCUT2D eigenvalue weighted by molar-refractivity contribution is 0.279. The van der Waals surface area contributed by atoms with Gasteiger partial charge in [-0.2, -0.15) is 0 Å². The van der Waals surface area contributed by atoms with Crippen molar-refractivity contribution in [1.82, 2.24) is 25.0 Å². The predicted octanol–water partition coefficient (Wildman–Crippen LogP) is 3.19. The summed E-state index contributed by atoms with van der Waals surface area (Å²) in [7, 11) is 3.99. The van der Waals surface area contributed by atoms with E-state index < -0.39 is 0 Å². The van der Waals surface area contributed by atoms with E-state index in [9.17, 15) is 0 Å². The topological polar surface area (TPSA) is 67.6 Å². The van der Waals surface area contributed by atoms with Crippen LogP contribution in [0.15, 0.2) is 46.8 Å². The molecule has 0 fully saturated rings. The first-order valence-corrected chi connectivity index (χ1v) is 11.0. The number of para-hydroxylation sites is 1. The smallest absolute Gasteiger partial charge is 0.194 e. The Kier molecular flexibility index (Phi) is 7.84. The lowest BCUT2D eigenvalue weighted by Crippen LogP contribution is -2.41. The normalized spacial score (nSPS) is 11.5. The molecule has 0 amide bonds. The van der Waals surface area contributed by atoms with Crippen LogP contribution >= 0.6 is 11.3 Å². The van der Waals surface area contributed by atoms with Gasteiger partial charge in [-0.25, -0.2) is 4.99 Å². The van der Waals surface area contributed by atoms with Crippen molar-refractivity contribution >= 4 is 17.3 Å². The SMILES string of the molecule is Cc1ccccc1OCCN(C)C(=NCc1nnc(C)n1C)NCCc1cccs1. The summed E-state index contributed by atoms with van der Waals surface area (Å²) in [6.07, 6.45) is 0.966. The number of hydrogen-bond donors (Lipinski definition) is 1. The van der Waals surface area contributed by atoms with Gasteiger partial charge in [0.15, 0.2) is 11.8 Å². The Morgan fingerprint density at radius 3 is 2.73 bits per heavy atom. The van der Waals surface area contributed by atoms with Gasteiger partial charge in [0.1, 0.15) is 24.7 Å². The molecule has 1 N–H and O–H groups in total. The second-order valence-corrected chi connectivity index (χ2v) is 8.19. The van der Waals surface area contributed by atoms with E-state index in [1.807, 2.05) is 43.8 Å². The number of benzene rings is 1. The summed E-state index contributed by atoms with van der Waals surface area (Å²) < 4.78 is 7.92. The van der Waals surface area contributed by atoms with Crippen LogP contribution in [0.1, 0.15) is 22.1 Å².